The molecule has 0 aromatic heterocycles. The highest BCUT2D eigenvalue weighted by molar-refractivity contribution is 5.45. The van der Waals surface area contributed by atoms with Crippen LogP contribution in [-0.2, 0) is 0 Å². The van der Waals surface area contributed by atoms with Crippen molar-refractivity contribution in [3.05, 3.63) is 76.3 Å². The number of para-hydroxylation sites is 1. The van der Waals surface area contributed by atoms with E-state index in [-0.39, 0.29) is 11.0 Å². The van der Waals surface area contributed by atoms with Crippen molar-refractivity contribution in [2.75, 3.05) is 5.32 Å². The zero-order valence-electron chi connectivity index (χ0n) is 11.4. The molecule has 0 aliphatic carbocycles. The first kappa shape index (κ1) is 14.1. The molecule has 2 atom stereocenters. The molecule has 4 nitrogen and oxygen atoms in total. The number of hydrogen-bond acceptors (Lipinski definition) is 3. The fourth-order valence-corrected chi connectivity index (χ4v) is 2.28. The van der Waals surface area contributed by atoms with Gasteiger partial charge in [-0.1, -0.05) is 55.5 Å². The van der Waals surface area contributed by atoms with Crippen molar-refractivity contribution in [1.82, 2.24) is 0 Å². The van der Waals surface area contributed by atoms with E-state index in [2.05, 4.69) is 5.32 Å². The predicted octanol–water partition coefficient (Wildman–Crippen LogP) is 3.90. The standard InChI is InChI=1S/C16H18N2O2/c1-2-15(18(19)20)16(13-9-5-3-6-10-13)17-14-11-7-4-8-12-14/h3-12,15-17H,2H2,1H3/t15-,16+/m1/s1. The number of nitrogens with one attached hydrogen (secondary N) is 1. The van der Waals surface area contributed by atoms with E-state index in [0.29, 0.717) is 6.42 Å². The van der Waals surface area contributed by atoms with Crippen LogP contribution in [-0.4, -0.2) is 11.0 Å². The van der Waals surface area contributed by atoms with Crippen molar-refractivity contribution >= 4 is 5.69 Å². The summed E-state index contributed by atoms with van der Waals surface area (Å²) in [5.41, 5.74) is 1.82. The Morgan fingerprint density at radius 1 is 1.05 bits per heavy atom. The van der Waals surface area contributed by atoms with Crippen molar-refractivity contribution < 1.29 is 4.92 Å². The van der Waals surface area contributed by atoms with Crippen LogP contribution in [0.5, 0.6) is 0 Å². The molecule has 0 aliphatic heterocycles. The lowest BCUT2D eigenvalue weighted by Gasteiger charge is -2.23. The minimum atomic E-state index is -0.655. The van der Waals surface area contributed by atoms with Crippen LogP contribution in [0.1, 0.15) is 24.9 Å². The lowest BCUT2D eigenvalue weighted by atomic mass is 9.97. The van der Waals surface area contributed by atoms with E-state index in [4.69, 9.17) is 0 Å². The summed E-state index contributed by atoms with van der Waals surface area (Å²) in [4.78, 5) is 11.1. The number of nitrogens with zero attached hydrogens (tertiary/aromatic N) is 1. The van der Waals surface area contributed by atoms with E-state index in [1.54, 1.807) is 0 Å². The van der Waals surface area contributed by atoms with Crippen LogP contribution in [0.15, 0.2) is 60.7 Å². The van der Waals surface area contributed by atoms with Gasteiger partial charge in [0.1, 0.15) is 6.04 Å². The zero-order valence-corrected chi connectivity index (χ0v) is 11.4. The van der Waals surface area contributed by atoms with Gasteiger partial charge in [-0.2, -0.15) is 0 Å². The third kappa shape index (κ3) is 3.35. The maximum absolute atomic E-state index is 11.3. The summed E-state index contributed by atoms with van der Waals surface area (Å²) in [6.45, 7) is 1.84. The molecule has 0 heterocycles. The molecule has 2 rings (SSSR count). The first-order valence-corrected chi connectivity index (χ1v) is 6.72. The summed E-state index contributed by atoms with van der Waals surface area (Å²) in [6.07, 6.45) is 0.479. The SMILES string of the molecule is CC[C@H]([C@@H](Nc1ccccc1)c1ccccc1)[N+](=O)[O-]. The summed E-state index contributed by atoms with van der Waals surface area (Å²) in [6, 6.07) is 18.2. The van der Waals surface area contributed by atoms with Crippen LogP contribution in [0.2, 0.25) is 0 Å². The van der Waals surface area contributed by atoms with Gasteiger partial charge in [0.05, 0.1) is 0 Å². The van der Waals surface area contributed by atoms with Crippen LogP contribution in [0.3, 0.4) is 0 Å². The predicted molar refractivity (Wildman–Crippen MR) is 80.3 cm³/mol. The van der Waals surface area contributed by atoms with Gasteiger partial charge >= 0.3 is 0 Å². The van der Waals surface area contributed by atoms with E-state index in [9.17, 15) is 10.1 Å². The molecule has 20 heavy (non-hydrogen) atoms. The molecule has 0 spiro atoms. The Morgan fingerprint density at radius 2 is 1.60 bits per heavy atom. The van der Waals surface area contributed by atoms with Crippen LogP contribution < -0.4 is 5.32 Å². The molecule has 0 unspecified atom stereocenters. The minimum Gasteiger partial charge on any atom is -0.372 e. The quantitative estimate of drug-likeness (QED) is 0.640. The number of rotatable bonds is 6. The van der Waals surface area contributed by atoms with Gasteiger partial charge in [-0.25, -0.2) is 0 Å². The molecule has 2 aromatic carbocycles. The van der Waals surface area contributed by atoms with Gasteiger partial charge in [0.25, 0.3) is 0 Å². The normalized spacial score (nSPS) is 13.4. The monoisotopic (exact) mass is 270 g/mol. The van der Waals surface area contributed by atoms with Gasteiger partial charge in [0.15, 0.2) is 0 Å². The topological polar surface area (TPSA) is 55.2 Å². The second kappa shape index (κ2) is 6.70. The lowest BCUT2D eigenvalue weighted by Crippen LogP contribution is -2.32. The van der Waals surface area contributed by atoms with Crippen molar-refractivity contribution in [2.24, 2.45) is 0 Å². The number of anilines is 1. The molecule has 0 radical (unpaired) electrons. The fraction of sp³-hybridized carbons (Fsp3) is 0.250. The molecule has 104 valence electrons. The summed E-state index contributed by atoms with van der Waals surface area (Å²) >= 11 is 0. The van der Waals surface area contributed by atoms with Crippen LogP contribution >= 0.6 is 0 Å². The maximum Gasteiger partial charge on any atom is 0.236 e. The molecule has 0 amide bonds. The molecule has 0 saturated heterocycles. The van der Waals surface area contributed by atoms with Gasteiger partial charge in [0, 0.05) is 17.0 Å². The largest absolute Gasteiger partial charge is 0.372 e. The van der Waals surface area contributed by atoms with E-state index >= 15 is 0 Å². The first-order chi connectivity index (χ1) is 9.72. The maximum atomic E-state index is 11.3. The van der Waals surface area contributed by atoms with Crippen LogP contribution in [0, 0.1) is 10.1 Å². The van der Waals surface area contributed by atoms with Gasteiger partial charge < -0.3 is 5.32 Å². The molecule has 2 aromatic rings. The van der Waals surface area contributed by atoms with Crippen molar-refractivity contribution in [3.63, 3.8) is 0 Å². The lowest BCUT2D eigenvalue weighted by molar-refractivity contribution is -0.526. The summed E-state index contributed by atoms with van der Waals surface area (Å²) in [5.74, 6) is 0. The van der Waals surface area contributed by atoms with Gasteiger partial charge in [-0.05, 0) is 17.7 Å². The van der Waals surface area contributed by atoms with Gasteiger partial charge in [-0.3, -0.25) is 10.1 Å². The third-order valence-electron chi connectivity index (χ3n) is 3.33. The third-order valence-corrected chi connectivity index (χ3v) is 3.33. The fourth-order valence-electron chi connectivity index (χ4n) is 2.28. The molecule has 0 saturated carbocycles. The number of hydrogen-bond donors (Lipinski definition) is 1. The highest BCUT2D eigenvalue weighted by Crippen LogP contribution is 2.25. The van der Waals surface area contributed by atoms with Gasteiger partial charge in [0.2, 0.25) is 6.04 Å². The average Bonchev–Trinajstić information content (AvgIpc) is 2.48. The Morgan fingerprint density at radius 3 is 2.10 bits per heavy atom. The van der Waals surface area contributed by atoms with Crippen LogP contribution in [0.4, 0.5) is 5.69 Å². The Hall–Kier alpha value is -2.36. The highest BCUT2D eigenvalue weighted by atomic mass is 16.6. The van der Waals surface area contributed by atoms with Crippen molar-refractivity contribution in [3.8, 4) is 0 Å². The second-order valence-corrected chi connectivity index (χ2v) is 4.66. The average molecular weight is 270 g/mol. The molecule has 1 N–H and O–H groups in total. The molecule has 0 bridgehead atoms. The highest BCUT2D eigenvalue weighted by Gasteiger charge is 2.30. The van der Waals surface area contributed by atoms with Crippen LogP contribution in [0.25, 0.3) is 0 Å². The van der Waals surface area contributed by atoms with Crippen molar-refractivity contribution in [2.45, 2.75) is 25.4 Å². The minimum absolute atomic E-state index is 0.201. The molecule has 0 fully saturated rings. The number of benzene rings is 2. The van der Waals surface area contributed by atoms with Gasteiger partial charge in [-0.15, -0.1) is 0 Å². The summed E-state index contributed by atoms with van der Waals surface area (Å²) < 4.78 is 0. The van der Waals surface area contributed by atoms with E-state index < -0.39 is 6.04 Å². The summed E-state index contributed by atoms with van der Waals surface area (Å²) in [5, 5.41) is 14.6. The summed E-state index contributed by atoms with van der Waals surface area (Å²) in [7, 11) is 0. The Bertz CT molecular complexity index is 543. The Kier molecular flexibility index (Phi) is 4.71. The van der Waals surface area contributed by atoms with E-state index in [0.717, 1.165) is 11.3 Å². The zero-order chi connectivity index (χ0) is 14.4. The number of nitro groups is 1. The molecular weight excluding hydrogens is 252 g/mol. The Balaban J connectivity index is 2.31. The molecule has 4 heteroatoms. The molecule has 0 aliphatic rings. The Labute approximate surface area is 118 Å². The van der Waals surface area contributed by atoms with E-state index in [1.807, 2.05) is 67.6 Å². The molecular formula is C16H18N2O2. The first-order valence-electron chi connectivity index (χ1n) is 6.72. The van der Waals surface area contributed by atoms with Crippen molar-refractivity contribution in [1.29, 1.82) is 0 Å². The van der Waals surface area contributed by atoms with E-state index in [1.165, 1.54) is 0 Å². The smallest absolute Gasteiger partial charge is 0.236 e. The second-order valence-electron chi connectivity index (χ2n) is 4.66.